The van der Waals surface area contributed by atoms with Crippen molar-refractivity contribution in [1.82, 2.24) is 9.97 Å². The Hall–Kier alpha value is -2.12. The van der Waals surface area contributed by atoms with Gasteiger partial charge in [0.1, 0.15) is 17.0 Å². The van der Waals surface area contributed by atoms with Crippen LogP contribution in [0.15, 0.2) is 35.5 Å². The SMILES string of the molecule is NC(=O)CSc1ccccc1Nc1ncnc2sc3c(c12)CCCC3. The van der Waals surface area contributed by atoms with E-state index in [9.17, 15) is 4.79 Å². The zero-order valence-electron chi connectivity index (χ0n) is 13.6. The number of aromatic nitrogens is 2. The molecule has 3 N–H and O–H groups in total. The van der Waals surface area contributed by atoms with Gasteiger partial charge in [-0.05, 0) is 43.4 Å². The number of para-hydroxylation sites is 1. The second kappa shape index (κ2) is 7.01. The van der Waals surface area contributed by atoms with Gasteiger partial charge in [0, 0.05) is 9.77 Å². The van der Waals surface area contributed by atoms with Crippen molar-refractivity contribution in [2.24, 2.45) is 5.73 Å². The van der Waals surface area contributed by atoms with Crippen LogP contribution in [-0.4, -0.2) is 21.6 Å². The second-order valence-electron chi connectivity index (χ2n) is 5.99. The fourth-order valence-electron chi connectivity index (χ4n) is 3.16. The maximum Gasteiger partial charge on any atom is 0.227 e. The molecule has 0 radical (unpaired) electrons. The lowest BCUT2D eigenvalue weighted by molar-refractivity contribution is -0.115. The van der Waals surface area contributed by atoms with Gasteiger partial charge in [-0.25, -0.2) is 9.97 Å². The molecule has 1 aliphatic rings. The number of thiophene rings is 1. The molecular weight excluding hydrogens is 352 g/mol. The molecule has 1 amide bonds. The lowest BCUT2D eigenvalue weighted by Gasteiger charge is -2.14. The summed E-state index contributed by atoms with van der Waals surface area (Å²) in [5.41, 5.74) is 7.61. The molecule has 5 nitrogen and oxygen atoms in total. The molecule has 4 rings (SSSR count). The summed E-state index contributed by atoms with van der Waals surface area (Å²) in [5, 5.41) is 4.61. The molecule has 0 atom stereocenters. The molecule has 2 aromatic heterocycles. The van der Waals surface area contributed by atoms with Gasteiger partial charge in [-0.2, -0.15) is 0 Å². The van der Waals surface area contributed by atoms with Crippen LogP contribution in [0, 0.1) is 0 Å². The molecule has 0 spiro atoms. The van der Waals surface area contributed by atoms with E-state index in [0.717, 1.165) is 39.5 Å². The quantitative estimate of drug-likeness (QED) is 0.666. The smallest absolute Gasteiger partial charge is 0.227 e. The van der Waals surface area contributed by atoms with E-state index in [0.29, 0.717) is 0 Å². The number of carbonyl (C=O) groups is 1. The lowest BCUT2D eigenvalue weighted by atomic mass is 9.97. The van der Waals surface area contributed by atoms with Gasteiger partial charge in [0.2, 0.25) is 5.91 Å². The van der Waals surface area contributed by atoms with Gasteiger partial charge >= 0.3 is 0 Å². The number of nitrogens with zero attached hydrogens (tertiary/aromatic N) is 2. The van der Waals surface area contributed by atoms with Crippen molar-refractivity contribution in [3.63, 3.8) is 0 Å². The van der Waals surface area contributed by atoms with Gasteiger partial charge in [0.05, 0.1) is 16.8 Å². The van der Waals surface area contributed by atoms with E-state index < -0.39 is 0 Å². The summed E-state index contributed by atoms with van der Waals surface area (Å²) in [5.74, 6) is 0.777. The van der Waals surface area contributed by atoms with Crippen LogP contribution < -0.4 is 11.1 Å². The summed E-state index contributed by atoms with van der Waals surface area (Å²) >= 11 is 3.22. The van der Waals surface area contributed by atoms with E-state index in [1.165, 1.54) is 35.0 Å². The van der Waals surface area contributed by atoms with Crippen LogP contribution in [0.5, 0.6) is 0 Å². The largest absolute Gasteiger partial charge is 0.369 e. The number of benzene rings is 1. The van der Waals surface area contributed by atoms with Crippen molar-refractivity contribution < 1.29 is 4.79 Å². The van der Waals surface area contributed by atoms with Crippen molar-refractivity contribution in [1.29, 1.82) is 0 Å². The van der Waals surface area contributed by atoms with Crippen LogP contribution in [0.3, 0.4) is 0 Å². The van der Waals surface area contributed by atoms with E-state index in [4.69, 9.17) is 5.73 Å². The highest BCUT2D eigenvalue weighted by Crippen LogP contribution is 2.39. The van der Waals surface area contributed by atoms with Crippen molar-refractivity contribution in [2.45, 2.75) is 30.6 Å². The number of nitrogens with one attached hydrogen (secondary N) is 1. The van der Waals surface area contributed by atoms with E-state index in [1.807, 2.05) is 24.3 Å². The number of aryl methyl sites for hydroxylation is 2. The number of nitrogens with two attached hydrogens (primary N) is 1. The normalized spacial score (nSPS) is 13.6. The maximum atomic E-state index is 11.1. The van der Waals surface area contributed by atoms with E-state index in [1.54, 1.807) is 17.7 Å². The molecule has 25 heavy (non-hydrogen) atoms. The summed E-state index contributed by atoms with van der Waals surface area (Å²) in [4.78, 5) is 23.6. The molecular formula is C18H18N4OS2. The molecule has 0 aliphatic heterocycles. The van der Waals surface area contributed by atoms with Crippen LogP contribution >= 0.6 is 23.1 Å². The predicted molar refractivity (Wildman–Crippen MR) is 104 cm³/mol. The highest BCUT2D eigenvalue weighted by atomic mass is 32.2. The number of amides is 1. The molecule has 0 saturated heterocycles. The Balaban J connectivity index is 1.72. The Morgan fingerprint density at radius 2 is 2.08 bits per heavy atom. The number of carbonyl (C=O) groups excluding carboxylic acids is 1. The van der Waals surface area contributed by atoms with Crippen LogP contribution in [0.25, 0.3) is 10.2 Å². The van der Waals surface area contributed by atoms with Crippen LogP contribution in [0.2, 0.25) is 0 Å². The first-order valence-electron chi connectivity index (χ1n) is 8.25. The Labute approximate surface area is 154 Å². The van der Waals surface area contributed by atoms with Gasteiger partial charge in [-0.3, -0.25) is 4.79 Å². The van der Waals surface area contributed by atoms with Crippen molar-refractivity contribution in [2.75, 3.05) is 11.1 Å². The number of fused-ring (bicyclic) bond motifs is 3. The minimum atomic E-state index is -0.323. The topological polar surface area (TPSA) is 80.9 Å². The maximum absolute atomic E-state index is 11.1. The highest BCUT2D eigenvalue weighted by Gasteiger charge is 2.20. The van der Waals surface area contributed by atoms with Crippen molar-refractivity contribution >= 4 is 50.7 Å². The van der Waals surface area contributed by atoms with Crippen LogP contribution in [0.4, 0.5) is 11.5 Å². The van der Waals surface area contributed by atoms with Crippen molar-refractivity contribution in [3.8, 4) is 0 Å². The second-order valence-corrected chi connectivity index (χ2v) is 8.09. The number of anilines is 2. The lowest BCUT2D eigenvalue weighted by Crippen LogP contribution is -2.13. The highest BCUT2D eigenvalue weighted by molar-refractivity contribution is 8.00. The molecule has 0 fully saturated rings. The van der Waals surface area contributed by atoms with Gasteiger partial charge in [-0.1, -0.05) is 12.1 Å². The fraction of sp³-hybridized carbons (Fsp3) is 0.278. The third-order valence-corrected chi connectivity index (χ3v) is 6.56. The van der Waals surface area contributed by atoms with Crippen LogP contribution in [-0.2, 0) is 17.6 Å². The third-order valence-electron chi connectivity index (χ3n) is 4.26. The summed E-state index contributed by atoms with van der Waals surface area (Å²) in [6, 6.07) is 7.90. The molecule has 2 heterocycles. The molecule has 1 aliphatic carbocycles. The number of hydrogen-bond acceptors (Lipinski definition) is 6. The number of rotatable bonds is 5. The first-order valence-corrected chi connectivity index (χ1v) is 10.0. The average molecular weight is 371 g/mol. The molecule has 7 heteroatoms. The third kappa shape index (κ3) is 3.34. The van der Waals surface area contributed by atoms with E-state index in [-0.39, 0.29) is 11.7 Å². The zero-order chi connectivity index (χ0) is 17.2. The average Bonchev–Trinajstić information content (AvgIpc) is 3.00. The van der Waals surface area contributed by atoms with Gasteiger partial charge in [-0.15, -0.1) is 23.1 Å². The number of hydrogen-bond donors (Lipinski definition) is 2. The molecule has 0 saturated carbocycles. The summed E-state index contributed by atoms with van der Waals surface area (Å²) in [6.45, 7) is 0. The summed E-state index contributed by atoms with van der Waals surface area (Å²) < 4.78 is 0. The first kappa shape index (κ1) is 16.4. The molecule has 3 aromatic rings. The first-order chi connectivity index (χ1) is 12.2. The fourth-order valence-corrected chi connectivity index (χ4v) is 5.13. The molecule has 0 bridgehead atoms. The van der Waals surface area contributed by atoms with E-state index in [2.05, 4.69) is 15.3 Å². The molecule has 1 aromatic carbocycles. The Kier molecular flexibility index (Phi) is 4.59. The molecule has 0 unspecified atom stereocenters. The van der Waals surface area contributed by atoms with Crippen molar-refractivity contribution in [3.05, 3.63) is 41.0 Å². The predicted octanol–water partition coefficient (Wildman–Crippen LogP) is 3.89. The minimum absolute atomic E-state index is 0.256. The summed E-state index contributed by atoms with van der Waals surface area (Å²) in [7, 11) is 0. The Bertz CT molecular complexity index is 938. The van der Waals surface area contributed by atoms with Gasteiger partial charge in [0.25, 0.3) is 0 Å². The minimum Gasteiger partial charge on any atom is -0.369 e. The monoisotopic (exact) mass is 370 g/mol. The Morgan fingerprint density at radius 1 is 1.24 bits per heavy atom. The standard InChI is InChI=1S/C18H18N4OS2/c19-15(23)9-24-14-8-4-2-6-12(14)22-17-16-11-5-1-3-7-13(11)25-18(16)21-10-20-17/h2,4,6,8,10H,1,3,5,7,9H2,(H2,19,23)(H,20,21,22). The van der Waals surface area contributed by atoms with Crippen LogP contribution in [0.1, 0.15) is 23.3 Å². The van der Waals surface area contributed by atoms with E-state index >= 15 is 0 Å². The zero-order valence-corrected chi connectivity index (χ0v) is 15.3. The molecule has 128 valence electrons. The number of thioether (sulfide) groups is 1. The van der Waals surface area contributed by atoms with Gasteiger partial charge < -0.3 is 11.1 Å². The summed E-state index contributed by atoms with van der Waals surface area (Å²) in [6.07, 6.45) is 6.32. The Morgan fingerprint density at radius 3 is 2.96 bits per heavy atom. The number of primary amides is 1. The van der Waals surface area contributed by atoms with Gasteiger partial charge in [0.15, 0.2) is 0 Å².